The van der Waals surface area contributed by atoms with Crippen LogP contribution >= 0.6 is 11.6 Å². The molecule has 224 valence electrons. The molecular formula is C32H27ClFN5O4S. The second-order valence-corrected chi connectivity index (χ2v) is 13.5. The molecule has 1 N–H and O–H groups in total. The molecule has 0 saturated carbocycles. The molecule has 2 aromatic carbocycles. The summed E-state index contributed by atoms with van der Waals surface area (Å²) in [5.41, 5.74) is 2.78. The van der Waals surface area contributed by atoms with Gasteiger partial charge in [-0.25, -0.2) is 17.8 Å². The second-order valence-electron chi connectivity index (χ2n) is 11.1. The highest BCUT2D eigenvalue weighted by Crippen LogP contribution is 2.34. The van der Waals surface area contributed by atoms with Crippen molar-refractivity contribution in [2.45, 2.75) is 42.9 Å². The lowest BCUT2D eigenvalue weighted by Crippen LogP contribution is -2.45. The summed E-state index contributed by atoms with van der Waals surface area (Å²) in [4.78, 5) is 29.2. The van der Waals surface area contributed by atoms with Gasteiger partial charge in [-0.1, -0.05) is 29.8 Å². The van der Waals surface area contributed by atoms with Crippen molar-refractivity contribution in [1.29, 1.82) is 0 Å². The summed E-state index contributed by atoms with van der Waals surface area (Å²) in [5, 5.41) is 4.63. The van der Waals surface area contributed by atoms with Crippen LogP contribution in [0.3, 0.4) is 0 Å². The Bertz CT molecular complexity index is 2080. The number of ether oxygens (including phenoxy) is 1. The van der Waals surface area contributed by atoms with E-state index >= 15 is 0 Å². The van der Waals surface area contributed by atoms with Gasteiger partial charge in [-0.2, -0.15) is 0 Å². The van der Waals surface area contributed by atoms with E-state index in [1.165, 1.54) is 12.5 Å². The fourth-order valence-electron chi connectivity index (χ4n) is 5.61. The SMILES string of the molecule is C[C@@H]1CCN1c1cnc2c(-c3ccc4cnc(CNC(=O)c5cc(Cl)c6c(c5)S(=O)(=O)[C@@H](F)COC6)cc4n3)cccc2c1. The topological polar surface area (TPSA) is 114 Å². The van der Waals surface area contributed by atoms with E-state index in [2.05, 4.69) is 34.3 Å². The maximum atomic E-state index is 14.3. The minimum Gasteiger partial charge on any atom is -0.373 e. The van der Waals surface area contributed by atoms with Gasteiger partial charge >= 0.3 is 0 Å². The molecule has 0 aliphatic carbocycles. The number of carbonyl (C=O) groups excluding carboxylic acids is 1. The molecule has 1 fully saturated rings. The highest BCUT2D eigenvalue weighted by atomic mass is 35.5. The Kier molecular flexibility index (Phi) is 7.19. The minimum atomic E-state index is -4.36. The number of para-hydroxylation sites is 1. The average Bonchev–Trinajstić information content (AvgIpc) is 3.13. The number of rotatable bonds is 5. The molecule has 0 spiro atoms. The van der Waals surface area contributed by atoms with Crippen molar-refractivity contribution in [3.05, 3.63) is 88.8 Å². The fraction of sp³-hybridized carbons (Fsp3) is 0.250. The number of anilines is 1. The van der Waals surface area contributed by atoms with E-state index in [9.17, 15) is 17.6 Å². The molecule has 2 atom stereocenters. The molecule has 7 rings (SSSR count). The number of alkyl halides is 1. The molecule has 2 aliphatic rings. The Morgan fingerprint density at radius 3 is 2.77 bits per heavy atom. The number of nitrogens with zero attached hydrogens (tertiary/aromatic N) is 4. The molecule has 2 aliphatic heterocycles. The summed E-state index contributed by atoms with van der Waals surface area (Å²) in [7, 11) is -4.36. The van der Waals surface area contributed by atoms with Gasteiger partial charge < -0.3 is 15.0 Å². The molecule has 0 bridgehead atoms. The van der Waals surface area contributed by atoms with Crippen LogP contribution in [0.2, 0.25) is 5.02 Å². The van der Waals surface area contributed by atoms with E-state index in [4.69, 9.17) is 26.3 Å². The third-order valence-electron chi connectivity index (χ3n) is 8.24. The monoisotopic (exact) mass is 631 g/mol. The molecule has 3 aromatic heterocycles. The Morgan fingerprint density at radius 2 is 1.98 bits per heavy atom. The van der Waals surface area contributed by atoms with E-state index < -0.39 is 27.9 Å². The van der Waals surface area contributed by atoms with Crippen LogP contribution < -0.4 is 10.2 Å². The smallest absolute Gasteiger partial charge is 0.251 e. The third kappa shape index (κ3) is 5.04. The van der Waals surface area contributed by atoms with Crippen LogP contribution in [-0.4, -0.2) is 54.0 Å². The van der Waals surface area contributed by atoms with Gasteiger partial charge in [-0.15, -0.1) is 0 Å². The first-order valence-corrected chi connectivity index (χ1v) is 16.1. The number of carbonyl (C=O) groups is 1. The molecule has 1 saturated heterocycles. The van der Waals surface area contributed by atoms with Gasteiger partial charge in [0.1, 0.15) is 0 Å². The molecule has 44 heavy (non-hydrogen) atoms. The maximum absolute atomic E-state index is 14.3. The molecule has 5 aromatic rings. The highest BCUT2D eigenvalue weighted by Gasteiger charge is 2.34. The Balaban J connectivity index is 1.14. The summed E-state index contributed by atoms with van der Waals surface area (Å²) in [6.45, 7) is 2.53. The number of benzene rings is 2. The quantitative estimate of drug-likeness (QED) is 0.266. The first kappa shape index (κ1) is 28.6. The van der Waals surface area contributed by atoms with Crippen LogP contribution in [0.4, 0.5) is 10.1 Å². The number of nitrogens with one attached hydrogen (secondary N) is 1. The Hall–Kier alpha value is -4.19. The van der Waals surface area contributed by atoms with Gasteiger partial charge in [0, 0.05) is 51.3 Å². The minimum absolute atomic E-state index is 0.0113. The number of hydrogen-bond acceptors (Lipinski definition) is 8. The van der Waals surface area contributed by atoms with Crippen molar-refractivity contribution in [3.8, 4) is 11.3 Å². The van der Waals surface area contributed by atoms with Gasteiger partial charge in [0.2, 0.25) is 15.3 Å². The number of hydrogen-bond donors (Lipinski definition) is 1. The van der Waals surface area contributed by atoms with Crippen LogP contribution in [0.5, 0.6) is 0 Å². The van der Waals surface area contributed by atoms with Crippen molar-refractivity contribution in [3.63, 3.8) is 0 Å². The van der Waals surface area contributed by atoms with Gasteiger partial charge in [0.15, 0.2) is 0 Å². The summed E-state index contributed by atoms with van der Waals surface area (Å²) in [6.07, 6.45) is 4.79. The maximum Gasteiger partial charge on any atom is 0.251 e. The zero-order valence-corrected chi connectivity index (χ0v) is 25.2. The first-order chi connectivity index (χ1) is 21.2. The molecule has 9 nitrogen and oxygen atoms in total. The van der Waals surface area contributed by atoms with Crippen molar-refractivity contribution in [2.24, 2.45) is 0 Å². The van der Waals surface area contributed by atoms with Crippen LogP contribution in [-0.2, 0) is 27.7 Å². The van der Waals surface area contributed by atoms with Crippen LogP contribution in [0.1, 0.15) is 35.0 Å². The summed E-state index contributed by atoms with van der Waals surface area (Å²) in [6, 6.07) is 16.9. The molecule has 12 heteroatoms. The van der Waals surface area contributed by atoms with Crippen LogP contribution in [0, 0.1) is 0 Å². The molecule has 5 heterocycles. The lowest BCUT2D eigenvalue weighted by atomic mass is 10.0. The van der Waals surface area contributed by atoms with Crippen LogP contribution in [0.15, 0.2) is 71.9 Å². The van der Waals surface area contributed by atoms with E-state index in [0.29, 0.717) is 17.3 Å². The van der Waals surface area contributed by atoms with Gasteiger partial charge in [0.25, 0.3) is 5.91 Å². The highest BCUT2D eigenvalue weighted by molar-refractivity contribution is 7.92. The molecule has 1 amide bonds. The third-order valence-corrected chi connectivity index (χ3v) is 10.4. The zero-order valence-electron chi connectivity index (χ0n) is 23.6. The lowest BCUT2D eigenvalue weighted by molar-refractivity contribution is 0.0947. The standard InChI is InChI=1S/C32H27ClFN5O4S/c1-18-7-8-39(18)23-9-19-3-2-4-24(31(19)36-15-23)27-6-5-20-13-35-22(12-28(20)38-27)14-37-32(40)21-10-26(33)25-16-43-17-30(34)44(41,42)29(25)11-21/h2-6,9-13,15,18,30H,7-8,14,16-17H2,1H3,(H,37,40)/t18-,30-/m1/s1. The normalized spacial score (nSPS) is 19.3. The molecular weight excluding hydrogens is 605 g/mol. The summed E-state index contributed by atoms with van der Waals surface area (Å²) >= 11 is 6.29. The number of fused-ring (bicyclic) bond motifs is 3. The summed E-state index contributed by atoms with van der Waals surface area (Å²) < 4.78 is 44.7. The number of aromatic nitrogens is 3. The van der Waals surface area contributed by atoms with Crippen molar-refractivity contribution in [2.75, 3.05) is 18.1 Å². The zero-order chi connectivity index (χ0) is 30.6. The van der Waals surface area contributed by atoms with Crippen molar-refractivity contribution in [1.82, 2.24) is 20.3 Å². The van der Waals surface area contributed by atoms with Gasteiger partial charge in [0.05, 0.1) is 59.0 Å². The van der Waals surface area contributed by atoms with Crippen molar-refractivity contribution >= 4 is 54.8 Å². The average molecular weight is 632 g/mol. The predicted octanol–water partition coefficient (Wildman–Crippen LogP) is 5.63. The number of amides is 1. The summed E-state index contributed by atoms with van der Waals surface area (Å²) in [5.74, 6) is -0.581. The predicted molar refractivity (Wildman–Crippen MR) is 166 cm³/mol. The van der Waals surface area contributed by atoms with E-state index in [1.54, 1.807) is 12.3 Å². The van der Waals surface area contributed by atoms with Gasteiger partial charge in [-0.3, -0.25) is 14.8 Å². The first-order valence-electron chi connectivity index (χ1n) is 14.2. The number of sulfone groups is 1. The Morgan fingerprint density at radius 1 is 1.11 bits per heavy atom. The Labute approximate surface area is 258 Å². The molecule has 0 radical (unpaired) electrons. The number of pyridine rings is 3. The van der Waals surface area contributed by atoms with E-state index in [0.717, 1.165) is 45.8 Å². The second kappa shape index (κ2) is 11.1. The van der Waals surface area contributed by atoms with Crippen molar-refractivity contribution < 1.29 is 22.3 Å². The largest absolute Gasteiger partial charge is 0.373 e. The lowest BCUT2D eigenvalue weighted by Gasteiger charge is -2.40. The van der Waals surface area contributed by atoms with Crippen LogP contribution in [0.25, 0.3) is 33.1 Å². The van der Waals surface area contributed by atoms with Gasteiger partial charge in [-0.05, 0) is 49.7 Å². The number of halogens is 2. The fourth-order valence-corrected chi connectivity index (χ4v) is 7.29. The van der Waals surface area contributed by atoms with E-state index in [-0.39, 0.29) is 34.2 Å². The molecule has 0 unspecified atom stereocenters. The van der Waals surface area contributed by atoms with E-state index in [1.807, 2.05) is 30.5 Å².